The van der Waals surface area contributed by atoms with E-state index in [1.54, 1.807) is 24.3 Å². The predicted molar refractivity (Wildman–Crippen MR) is 131 cm³/mol. The second kappa shape index (κ2) is 10.3. The van der Waals surface area contributed by atoms with E-state index < -0.39 is 10.0 Å². The van der Waals surface area contributed by atoms with Gasteiger partial charge < -0.3 is 4.90 Å². The molecule has 0 bridgehead atoms. The van der Waals surface area contributed by atoms with E-state index in [1.165, 1.54) is 19.3 Å². The number of amides is 1. The van der Waals surface area contributed by atoms with Crippen molar-refractivity contribution in [2.24, 2.45) is 0 Å². The largest absolute Gasteiger partial charge is 0.339 e. The molecule has 1 fully saturated rings. The Morgan fingerprint density at radius 2 is 1.58 bits per heavy atom. The van der Waals surface area contributed by atoms with E-state index in [4.69, 9.17) is 0 Å². The number of nitrogens with one attached hydrogen (secondary N) is 1. The van der Waals surface area contributed by atoms with Crippen LogP contribution in [-0.2, 0) is 16.6 Å². The van der Waals surface area contributed by atoms with E-state index in [0.29, 0.717) is 11.6 Å². The predicted octanol–water partition coefficient (Wildman–Crippen LogP) is 5.24. The highest BCUT2D eigenvalue weighted by atomic mass is 32.2. The maximum atomic E-state index is 13.0. The lowest BCUT2D eigenvalue weighted by Crippen LogP contribution is -2.38. The third kappa shape index (κ3) is 5.70. The molecule has 0 spiro atoms. The standard InChI is InChI=1S/C27H30N2O3S/c1-29(25-13-6-3-7-14-25)27(30)24-12-8-11-23(19-24)22-15-17-26(18-16-22)33(31,32)28-20-21-9-4-2-5-10-21/h2,4-5,8-12,15-19,25,28H,3,6-7,13-14,20H2,1H3. The maximum Gasteiger partial charge on any atom is 0.253 e. The van der Waals surface area contributed by atoms with Crippen LogP contribution in [0.4, 0.5) is 0 Å². The van der Waals surface area contributed by atoms with Crippen molar-refractivity contribution >= 4 is 15.9 Å². The SMILES string of the molecule is CN(C(=O)c1cccc(-c2ccc(S(=O)(=O)NCc3ccccc3)cc2)c1)C1CCCCC1. The third-order valence-corrected chi connectivity index (χ3v) is 7.78. The van der Waals surface area contributed by atoms with Gasteiger partial charge >= 0.3 is 0 Å². The first kappa shape index (κ1) is 23.2. The van der Waals surface area contributed by atoms with Gasteiger partial charge in [0.25, 0.3) is 5.91 Å². The summed E-state index contributed by atoms with van der Waals surface area (Å²) in [5.41, 5.74) is 3.31. The van der Waals surface area contributed by atoms with Crippen LogP contribution in [0.3, 0.4) is 0 Å². The molecule has 4 rings (SSSR count). The molecule has 1 amide bonds. The Hall–Kier alpha value is -2.96. The number of hydrogen-bond donors (Lipinski definition) is 1. The molecule has 0 atom stereocenters. The monoisotopic (exact) mass is 462 g/mol. The third-order valence-electron chi connectivity index (χ3n) is 6.36. The smallest absolute Gasteiger partial charge is 0.253 e. The zero-order valence-electron chi connectivity index (χ0n) is 18.9. The zero-order chi connectivity index (χ0) is 23.3. The Morgan fingerprint density at radius 3 is 2.27 bits per heavy atom. The molecule has 172 valence electrons. The average Bonchev–Trinajstić information content (AvgIpc) is 2.88. The average molecular weight is 463 g/mol. The number of rotatable bonds is 7. The molecule has 6 heteroatoms. The Labute approximate surface area is 196 Å². The highest BCUT2D eigenvalue weighted by Gasteiger charge is 2.23. The van der Waals surface area contributed by atoms with Gasteiger partial charge in [-0.05, 0) is 53.8 Å². The Bertz CT molecular complexity index is 1190. The van der Waals surface area contributed by atoms with Gasteiger partial charge in [-0.15, -0.1) is 0 Å². The lowest BCUT2D eigenvalue weighted by atomic mass is 9.94. The molecule has 1 saturated carbocycles. The molecule has 0 unspecified atom stereocenters. The van der Waals surface area contributed by atoms with Crippen molar-refractivity contribution in [1.82, 2.24) is 9.62 Å². The van der Waals surface area contributed by atoms with Gasteiger partial charge in [0.2, 0.25) is 10.0 Å². The van der Waals surface area contributed by atoms with Crippen LogP contribution in [0.5, 0.6) is 0 Å². The summed E-state index contributed by atoms with van der Waals surface area (Å²) in [6.45, 7) is 0.240. The Morgan fingerprint density at radius 1 is 0.879 bits per heavy atom. The molecular formula is C27H30N2O3S. The maximum absolute atomic E-state index is 13.0. The van der Waals surface area contributed by atoms with Gasteiger partial charge in [0.05, 0.1) is 4.90 Å². The first-order valence-corrected chi connectivity index (χ1v) is 12.9. The summed E-state index contributed by atoms with van der Waals surface area (Å²) in [4.78, 5) is 15.1. The molecule has 3 aromatic carbocycles. The first-order chi connectivity index (χ1) is 15.9. The summed E-state index contributed by atoms with van der Waals surface area (Å²) in [6, 6.07) is 24.0. The van der Waals surface area contributed by atoms with Crippen LogP contribution >= 0.6 is 0 Å². The van der Waals surface area contributed by atoms with Crippen molar-refractivity contribution in [3.63, 3.8) is 0 Å². The van der Waals surface area contributed by atoms with Gasteiger partial charge in [0.1, 0.15) is 0 Å². The fourth-order valence-electron chi connectivity index (χ4n) is 4.35. The van der Waals surface area contributed by atoms with Gasteiger partial charge in [-0.25, -0.2) is 13.1 Å². The van der Waals surface area contributed by atoms with Crippen molar-refractivity contribution < 1.29 is 13.2 Å². The lowest BCUT2D eigenvalue weighted by molar-refractivity contribution is 0.0696. The van der Waals surface area contributed by atoms with Crippen LogP contribution in [0, 0.1) is 0 Å². The summed E-state index contributed by atoms with van der Waals surface area (Å²) in [6.07, 6.45) is 5.74. The quantitative estimate of drug-likeness (QED) is 0.522. The number of benzene rings is 3. The number of nitrogens with zero attached hydrogens (tertiary/aromatic N) is 1. The highest BCUT2D eigenvalue weighted by Crippen LogP contribution is 2.26. The highest BCUT2D eigenvalue weighted by molar-refractivity contribution is 7.89. The van der Waals surface area contributed by atoms with E-state index in [9.17, 15) is 13.2 Å². The van der Waals surface area contributed by atoms with Crippen LogP contribution in [0.2, 0.25) is 0 Å². The second-order valence-corrected chi connectivity index (χ2v) is 10.4. The molecule has 0 radical (unpaired) electrons. The summed E-state index contributed by atoms with van der Waals surface area (Å²) in [7, 11) is -1.72. The molecule has 5 nitrogen and oxygen atoms in total. The van der Waals surface area contributed by atoms with Crippen molar-refractivity contribution in [3.05, 3.63) is 90.0 Å². The van der Waals surface area contributed by atoms with E-state index in [2.05, 4.69) is 4.72 Å². The van der Waals surface area contributed by atoms with E-state index >= 15 is 0 Å². The summed E-state index contributed by atoms with van der Waals surface area (Å²) >= 11 is 0. The molecule has 0 aromatic heterocycles. The lowest BCUT2D eigenvalue weighted by Gasteiger charge is -2.31. The van der Waals surface area contributed by atoms with Crippen LogP contribution < -0.4 is 4.72 Å². The summed E-state index contributed by atoms with van der Waals surface area (Å²) in [5, 5.41) is 0. The number of carbonyl (C=O) groups excluding carboxylic acids is 1. The van der Waals surface area contributed by atoms with Crippen molar-refractivity contribution in [2.45, 2.75) is 49.6 Å². The Balaban J connectivity index is 1.47. The molecule has 1 aliphatic carbocycles. The molecule has 0 heterocycles. The molecule has 1 N–H and O–H groups in total. The second-order valence-electron chi connectivity index (χ2n) is 8.62. The van der Waals surface area contributed by atoms with Gasteiger partial charge in [0.15, 0.2) is 0 Å². The molecule has 0 aliphatic heterocycles. The molecule has 3 aromatic rings. The van der Waals surface area contributed by atoms with E-state index in [-0.39, 0.29) is 17.3 Å². The summed E-state index contributed by atoms with van der Waals surface area (Å²) < 4.78 is 28.0. The van der Waals surface area contributed by atoms with Crippen LogP contribution in [0.15, 0.2) is 83.8 Å². The minimum Gasteiger partial charge on any atom is -0.339 e. The number of hydrogen-bond acceptors (Lipinski definition) is 3. The van der Waals surface area contributed by atoms with Gasteiger partial charge in [-0.1, -0.05) is 73.9 Å². The van der Waals surface area contributed by atoms with Crippen molar-refractivity contribution in [2.75, 3.05) is 7.05 Å². The number of carbonyl (C=O) groups is 1. The van der Waals surface area contributed by atoms with Gasteiger partial charge in [-0.3, -0.25) is 4.79 Å². The molecule has 0 saturated heterocycles. The molecule has 1 aliphatic rings. The van der Waals surface area contributed by atoms with Crippen molar-refractivity contribution in [3.8, 4) is 11.1 Å². The molecular weight excluding hydrogens is 432 g/mol. The fourth-order valence-corrected chi connectivity index (χ4v) is 5.37. The summed E-state index contributed by atoms with van der Waals surface area (Å²) in [5.74, 6) is 0.0352. The number of sulfonamides is 1. The van der Waals surface area contributed by atoms with E-state index in [0.717, 1.165) is 29.5 Å². The van der Waals surface area contributed by atoms with Gasteiger partial charge in [0, 0.05) is 25.2 Å². The minimum atomic E-state index is -3.61. The van der Waals surface area contributed by atoms with Gasteiger partial charge in [-0.2, -0.15) is 0 Å². The van der Waals surface area contributed by atoms with Crippen LogP contribution in [0.1, 0.15) is 48.0 Å². The normalized spacial score (nSPS) is 14.7. The van der Waals surface area contributed by atoms with E-state index in [1.807, 2.05) is 66.5 Å². The molecule has 33 heavy (non-hydrogen) atoms. The Kier molecular flexibility index (Phi) is 7.26. The minimum absolute atomic E-state index is 0.0352. The fraction of sp³-hybridized carbons (Fsp3) is 0.296. The zero-order valence-corrected chi connectivity index (χ0v) is 19.7. The topological polar surface area (TPSA) is 66.5 Å². The first-order valence-electron chi connectivity index (χ1n) is 11.5. The van der Waals surface area contributed by atoms with Crippen LogP contribution in [0.25, 0.3) is 11.1 Å². The van der Waals surface area contributed by atoms with Crippen molar-refractivity contribution in [1.29, 1.82) is 0 Å². The van der Waals surface area contributed by atoms with Crippen LogP contribution in [-0.4, -0.2) is 32.3 Å².